The van der Waals surface area contributed by atoms with E-state index < -0.39 is 0 Å². The molecule has 0 spiro atoms. The van der Waals surface area contributed by atoms with Gasteiger partial charge in [0.25, 0.3) is 0 Å². The van der Waals surface area contributed by atoms with Crippen LogP contribution in [0.25, 0.3) is 11.0 Å². The van der Waals surface area contributed by atoms with Gasteiger partial charge in [0, 0.05) is 6.04 Å². The van der Waals surface area contributed by atoms with Crippen LogP contribution in [0.5, 0.6) is 5.75 Å². The Hall–Kier alpha value is -3.06. The van der Waals surface area contributed by atoms with E-state index in [0.717, 1.165) is 41.6 Å². The molecule has 1 saturated carbocycles. The molecule has 0 radical (unpaired) electrons. The Morgan fingerprint density at radius 1 is 1.23 bits per heavy atom. The Morgan fingerprint density at radius 3 is 2.77 bits per heavy atom. The lowest BCUT2D eigenvalue weighted by Crippen LogP contribution is -2.46. The van der Waals surface area contributed by atoms with Crippen LogP contribution >= 0.6 is 0 Å². The highest BCUT2D eigenvalue weighted by Crippen LogP contribution is 2.22. The summed E-state index contributed by atoms with van der Waals surface area (Å²) in [6.07, 6.45) is 3.46. The highest BCUT2D eigenvalue weighted by molar-refractivity contribution is 5.76. The maximum absolute atomic E-state index is 12.7. The van der Waals surface area contributed by atoms with Gasteiger partial charge in [-0.15, -0.1) is 0 Å². The minimum atomic E-state index is -0.338. The third-order valence-electron chi connectivity index (χ3n) is 5.62. The van der Waals surface area contributed by atoms with Crippen molar-refractivity contribution in [1.29, 1.82) is 0 Å². The molecule has 1 aliphatic carbocycles. The van der Waals surface area contributed by atoms with Gasteiger partial charge in [0.15, 0.2) is 0 Å². The average Bonchev–Trinajstić information content (AvgIpc) is 3.18. The molecule has 3 atom stereocenters. The van der Waals surface area contributed by atoms with Crippen molar-refractivity contribution in [3.8, 4) is 5.75 Å². The van der Waals surface area contributed by atoms with Crippen molar-refractivity contribution in [3.63, 3.8) is 0 Å². The van der Waals surface area contributed by atoms with E-state index >= 15 is 0 Å². The summed E-state index contributed by atoms with van der Waals surface area (Å²) in [5.41, 5.74) is 2.87. The number of ether oxygens (including phenoxy) is 1. The summed E-state index contributed by atoms with van der Waals surface area (Å²) in [6.45, 7) is 0. The lowest BCUT2D eigenvalue weighted by atomic mass is 9.93. The van der Waals surface area contributed by atoms with E-state index in [-0.39, 0.29) is 24.2 Å². The number of aromatic nitrogens is 2. The molecule has 30 heavy (non-hydrogen) atoms. The first kappa shape index (κ1) is 20.2. The second-order valence-electron chi connectivity index (χ2n) is 7.88. The highest BCUT2D eigenvalue weighted by atomic mass is 16.5. The maximum Gasteiger partial charge on any atom is 0.315 e. The van der Waals surface area contributed by atoms with Crippen molar-refractivity contribution in [1.82, 2.24) is 20.6 Å². The maximum atomic E-state index is 12.7. The number of aliphatic hydroxyl groups is 1. The first-order valence-electron chi connectivity index (χ1n) is 10.4. The van der Waals surface area contributed by atoms with E-state index in [1.165, 1.54) is 0 Å². The number of carbonyl (C=O) groups is 1. The van der Waals surface area contributed by atoms with Crippen LogP contribution in [0.1, 0.15) is 43.1 Å². The Kier molecular flexibility index (Phi) is 6.18. The fraction of sp³-hybridized carbons (Fsp3) is 0.391. The van der Waals surface area contributed by atoms with E-state index in [0.29, 0.717) is 18.7 Å². The molecule has 4 rings (SSSR count). The van der Waals surface area contributed by atoms with Crippen LogP contribution in [-0.2, 0) is 6.42 Å². The molecule has 3 aromatic rings. The zero-order chi connectivity index (χ0) is 20.9. The molecule has 0 saturated heterocycles. The molecule has 1 aromatic heterocycles. The Morgan fingerprint density at radius 2 is 2.03 bits per heavy atom. The number of imidazole rings is 1. The standard InChI is InChI=1S/C23H28N4O3/c1-30-18-11-9-15(10-12-18)13-21(22-25-19-7-2-3-8-20(19)26-22)27-23(29)24-16-5-4-6-17(28)14-16/h2-3,7-12,16-17,21,28H,4-6,13-14H2,1H3,(H,25,26)(H2,24,27,29). The summed E-state index contributed by atoms with van der Waals surface area (Å²) in [7, 11) is 1.64. The summed E-state index contributed by atoms with van der Waals surface area (Å²) in [4.78, 5) is 20.8. The number of para-hydroxylation sites is 2. The minimum Gasteiger partial charge on any atom is -0.497 e. The highest BCUT2D eigenvalue weighted by Gasteiger charge is 2.24. The molecule has 4 N–H and O–H groups in total. The summed E-state index contributed by atoms with van der Waals surface area (Å²) in [5.74, 6) is 1.51. The van der Waals surface area contributed by atoms with Crippen molar-refractivity contribution in [2.24, 2.45) is 0 Å². The molecule has 1 heterocycles. The first-order chi connectivity index (χ1) is 14.6. The normalized spacial score (nSPS) is 19.9. The van der Waals surface area contributed by atoms with E-state index in [1.807, 2.05) is 48.5 Å². The molecule has 3 unspecified atom stereocenters. The van der Waals surface area contributed by atoms with Crippen LogP contribution in [0.15, 0.2) is 48.5 Å². The van der Waals surface area contributed by atoms with Gasteiger partial charge in [-0.25, -0.2) is 9.78 Å². The molecule has 2 amide bonds. The average molecular weight is 409 g/mol. The number of fused-ring (bicyclic) bond motifs is 1. The van der Waals surface area contributed by atoms with Crippen molar-refractivity contribution < 1.29 is 14.6 Å². The molecule has 7 nitrogen and oxygen atoms in total. The first-order valence-corrected chi connectivity index (χ1v) is 10.4. The number of benzene rings is 2. The molecular formula is C23H28N4O3. The Balaban J connectivity index is 1.52. The number of H-pyrrole nitrogens is 1. The lowest BCUT2D eigenvalue weighted by Gasteiger charge is -2.27. The number of amides is 2. The van der Waals surface area contributed by atoms with Gasteiger partial charge < -0.3 is 25.5 Å². The van der Waals surface area contributed by atoms with Crippen molar-refractivity contribution >= 4 is 17.1 Å². The van der Waals surface area contributed by atoms with Crippen molar-refractivity contribution in [3.05, 3.63) is 59.9 Å². The second kappa shape index (κ2) is 9.17. The number of nitrogens with zero attached hydrogens (tertiary/aromatic N) is 1. The van der Waals surface area contributed by atoms with Crippen LogP contribution in [0.3, 0.4) is 0 Å². The summed E-state index contributed by atoms with van der Waals surface area (Å²) in [6, 6.07) is 15.1. The van der Waals surface area contributed by atoms with E-state index in [2.05, 4.69) is 15.6 Å². The number of urea groups is 1. The van der Waals surface area contributed by atoms with Crippen LogP contribution < -0.4 is 15.4 Å². The van der Waals surface area contributed by atoms with Crippen molar-refractivity contribution in [2.45, 2.75) is 50.3 Å². The van der Waals surface area contributed by atoms with Gasteiger partial charge in [-0.1, -0.05) is 24.3 Å². The number of hydrogen-bond donors (Lipinski definition) is 4. The molecule has 7 heteroatoms. The number of methoxy groups -OCH3 is 1. The molecule has 2 aromatic carbocycles. The molecule has 0 aliphatic heterocycles. The van der Waals surface area contributed by atoms with Gasteiger partial charge in [0.2, 0.25) is 0 Å². The zero-order valence-electron chi connectivity index (χ0n) is 17.1. The number of carbonyl (C=O) groups excluding carboxylic acids is 1. The third kappa shape index (κ3) is 4.91. The topological polar surface area (TPSA) is 99.3 Å². The number of nitrogens with one attached hydrogen (secondary N) is 3. The summed E-state index contributed by atoms with van der Waals surface area (Å²) < 4.78 is 5.24. The monoisotopic (exact) mass is 408 g/mol. The van der Waals surface area contributed by atoms with Crippen LogP contribution in [-0.4, -0.2) is 40.4 Å². The second-order valence-corrected chi connectivity index (χ2v) is 7.88. The molecule has 0 bridgehead atoms. The van der Waals surface area contributed by atoms with Crippen molar-refractivity contribution in [2.75, 3.05) is 7.11 Å². The lowest BCUT2D eigenvalue weighted by molar-refractivity contribution is 0.113. The minimum absolute atomic E-state index is 0.00828. The van der Waals surface area contributed by atoms with Gasteiger partial charge in [-0.3, -0.25) is 0 Å². The fourth-order valence-electron chi connectivity index (χ4n) is 4.03. The number of rotatable bonds is 6. The van der Waals surface area contributed by atoms with Gasteiger partial charge in [0.1, 0.15) is 11.6 Å². The van der Waals surface area contributed by atoms with Gasteiger partial charge in [-0.2, -0.15) is 0 Å². The molecule has 1 fully saturated rings. The largest absolute Gasteiger partial charge is 0.497 e. The summed E-state index contributed by atoms with van der Waals surface area (Å²) >= 11 is 0. The van der Waals surface area contributed by atoms with E-state index in [9.17, 15) is 9.90 Å². The molecule has 1 aliphatic rings. The van der Waals surface area contributed by atoms with Gasteiger partial charge >= 0.3 is 6.03 Å². The quantitative estimate of drug-likeness (QED) is 0.502. The van der Waals surface area contributed by atoms with Gasteiger partial charge in [0.05, 0.1) is 30.3 Å². The zero-order valence-corrected chi connectivity index (χ0v) is 17.1. The van der Waals surface area contributed by atoms with E-state index in [4.69, 9.17) is 9.72 Å². The predicted molar refractivity (Wildman–Crippen MR) is 115 cm³/mol. The van der Waals surface area contributed by atoms with Crippen LogP contribution in [0, 0.1) is 0 Å². The Labute approximate surface area is 175 Å². The third-order valence-corrected chi connectivity index (χ3v) is 5.62. The van der Waals surface area contributed by atoms with Gasteiger partial charge in [-0.05, 0) is 61.9 Å². The SMILES string of the molecule is COc1ccc(CC(NC(=O)NC2CCCC(O)C2)c2nc3ccccc3[nH]2)cc1. The number of aromatic amines is 1. The Bertz CT molecular complexity index is 953. The van der Waals surface area contributed by atoms with Crippen LogP contribution in [0.4, 0.5) is 4.79 Å². The smallest absolute Gasteiger partial charge is 0.315 e. The predicted octanol–water partition coefficient (Wildman–Crippen LogP) is 3.46. The number of hydrogen-bond acceptors (Lipinski definition) is 4. The molecule has 158 valence electrons. The van der Waals surface area contributed by atoms with E-state index in [1.54, 1.807) is 7.11 Å². The fourth-order valence-corrected chi connectivity index (χ4v) is 4.03. The number of aliphatic hydroxyl groups excluding tert-OH is 1. The van der Waals surface area contributed by atoms with Crippen LogP contribution in [0.2, 0.25) is 0 Å². The molecular weight excluding hydrogens is 380 g/mol. The summed E-state index contributed by atoms with van der Waals surface area (Å²) in [5, 5.41) is 16.0.